The summed E-state index contributed by atoms with van der Waals surface area (Å²) < 4.78 is 46.7. The molecule has 0 spiro atoms. The Morgan fingerprint density at radius 3 is 2.27 bits per heavy atom. The van der Waals surface area contributed by atoms with Crippen molar-refractivity contribution in [2.45, 2.75) is 6.18 Å². The number of alkyl halides is 4. The SMILES string of the molecule is FCC1=NC(C(F)(F)F)=[C][N]1. The Labute approximate surface area is 59.6 Å². The van der Waals surface area contributed by atoms with E-state index in [0.29, 0.717) is 0 Å². The monoisotopic (exact) mass is 166 g/mol. The van der Waals surface area contributed by atoms with Gasteiger partial charge in [0.25, 0.3) is 0 Å². The molecule has 0 unspecified atom stereocenters. The maximum atomic E-state index is 11.7. The molecule has 0 saturated carbocycles. The third-order valence-electron chi connectivity index (χ3n) is 0.920. The van der Waals surface area contributed by atoms with Crippen LogP contribution >= 0.6 is 0 Å². The van der Waals surface area contributed by atoms with Crippen LogP contribution in [0.2, 0.25) is 0 Å². The largest absolute Gasteiger partial charge is 0.435 e. The van der Waals surface area contributed by atoms with Crippen LogP contribution in [-0.2, 0) is 0 Å². The van der Waals surface area contributed by atoms with Crippen LogP contribution in [0.5, 0.6) is 0 Å². The van der Waals surface area contributed by atoms with Crippen molar-refractivity contribution in [3.8, 4) is 0 Å². The molecular formula is C5H2F4N2. The van der Waals surface area contributed by atoms with Gasteiger partial charge in [0, 0.05) is 0 Å². The second-order valence-corrected chi connectivity index (χ2v) is 1.73. The fourth-order valence-corrected chi connectivity index (χ4v) is 0.483. The molecule has 1 heterocycles. The normalized spacial score (nSPS) is 17.5. The maximum Gasteiger partial charge on any atom is 0.435 e. The van der Waals surface area contributed by atoms with Gasteiger partial charge < -0.3 is 0 Å². The molecule has 1 aliphatic heterocycles. The zero-order valence-electron chi connectivity index (χ0n) is 5.11. The highest BCUT2D eigenvalue weighted by Crippen LogP contribution is 2.27. The topological polar surface area (TPSA) is 26.5 Å². The minimum absolute atomic E-state index is 0.489. The number of hydrogen-bond acceptors (Lipinski definition) is 1. The molecule has 1 rings (SSSR count). The lowest BCUT2D eigenvalue weighted by Gasteiger charge is -2.00. The molecule has 0 saturated heterocycles. The van der Waals surface area contributed by atoms with Crippen LogP contribution in [0.3, 0.4) is 0 Å². The Morgan fingerprint density at radius 2 is 2.00 bits per heavy atom. The van der Waals surface area contributed by atoms with E-state index in [1.165, 1.54) is 0 Å². The summed E-state index contributed by atoms with van der Waals surface area (Å²) in [5.74, 6) is -0.489. The smallest absolute Gasteiger partial charge is 0.242 e. The minimum atomic E-state index is -4.58. The lowest BCUT2D eigenvalue weighted by Crippen LogP contribution is -2.09. The highest BCUT2D eigenvalue weighted by molar-refractivity contribution is 5.86. The van der Waals surface area contributed by atoms with Crippen LogP contribution in [0.15, 0.2) is 10.7 Å². The third kappa shape index (κ3) is 1.69. The van der Waals surface area contributed by atoms with Crippen molar-refractivity contribution in [2.75, 3.05) is 6.67 Å². The third-order valence-corrected chi connectivity index (χ3v) is 0.920. The molecule has 0 bridgehead atoms. The molecule has 0 aliphatic carbocycles. The van der Waals surface area contributed by atoms with Crippen LogP contribution < -0.4 is 5.32 Å². The predicted molar refractivity (Wildman–Crippen MR) is 28.4 cm³/mol. The lowest BCUT2D eigenvalue weighted by molar-refractivity contribution is -0.0926. The van der Waals surface area contributed by atoms with E-state index < -0.39 is 24.4 Å². The highest BCUT2D eigenvalue weighted by Gasteiger charge is 2.37. The molecule has 0 fully saturated rings. The molecule has 2 nitrogen and oxygen atoms in total. The maximum absolute atomic E-state index is 11.7. The fourth-order valence-electron chi connectivity index (χ4n) is 0.483. The van der Waals surface area contributed by atoms with Gasteiger partial charge in [0.05, 0.1) is 0 Å². The molecule has 11 heavy (non-hydrogen) atoms. The number of rotatable bonds is 1. The molecule has 2 radical (unpaired) electrons. The van der Waals surface area contributed by atoms with Gasteiger partial charge in [-0.25, -0.2) is 14.7 Å². The first-order valence-corrected chi connectivity index (χ1v) is 2.58. The number of allylic oxidation sites excluding steroid dienone is 1. The average molecular weight is 166 g/mol. The zero-order valence-corrected chi connectivity index (χ0v) is 5.11. The minimum Gasteiger partial charge on any atom is -0.242 e. The first kappa shape index (κ1) is 8.03. The number of halogens is 4. The molecule has 0 N–H and O–H groups in total. The van der Waals surface area contributed by atoms with Gasteiger partial charge in [0.15, 0.2) is 11.5 Å². The van der Waals surface area contributed by atoms with Crippen molar-refractivity contribution < 1.29 is 17.6 Å². The number of nitrogens with zero attached hydrogens (tertiary/aromatic N) is 2. The predicted octanol–water partition coefficient (Wildman–Crippen LogP) is 1.18. The van der Waals surface area contributed by atoms with E-state index in [4.69, 9.17) is 0 Å². The zero-order chi connectivity index (χ0) is 8.48. The van der Waals surface area contributed by atoms with E-state index in [2.05, 4.69) is 10.3 Å². The number of hydrogen-bond donors (Lipinski definition) is 0. The molecule has 0 atom stereocenters. The molecule has 60 valence electrons. The first-order valence-electron chi connectivity index (χ1n) is 2.58. The van der Waals surface area contributed by atoms with E-state index in [9.17, 15) is 17.6 Å². The Morgan fingerprint density at radius 1 is 1.36 bits per heavy atom. The van der Waals surface area contributed by atoms with Crippen LogP contribution in [0.1, 0.15) is 0 Å². The summed E-state index contributed by atoms with van der Waals surface area (Å²) in [5.41, 5.74) is -1.27. The summed E-state index contributed by atoms with van der Waals surface area (Å²) in [6.45, 7) is -1.10. The van der Waals surface area contributed by atoms with Crippen LogP contribution in [0.25, 0.3) is 0 Å². The van der Waals surface area contributed by atoms with Crippen molar-refractivity contribution in [3.63, 3.8) is 0 Å². The molecule has 6 heteroatoms. The van der Waals surface area contributed by atoms with Gasteiger partial charge in [0.2, 0.25) is 0 Å². The van der Waals surface area contributed by atoms with Crippen molar-refractivity contribution in [1.82, 2.24) is 5.32 Å². The molecule has 0 aromatic carbocycles. The van der Waals surface area contributed by atoms with Gasteiger partial charge in [-0.3, -0.25) is 0 Å². The van der Waals surface area contributed by atoms with Gasteiger partial charge in [-0.05, 0) is 0 Å². The standard InChI is InChI=1S/C5H2F4N2/c6-1-4-10-2-3(11-4)5(7,8)9/h1H2. The average Bonchev–Trinajstić information content (AvgIpc) is 2.32. The van der Waals surface area contributed by atoms with Crippen LogP contribution in [-0.4, -0.2) is 18.7 Å². The van der Waals surface area contributed by atoms with E-state index in [-0.39, 0.29) is 0 Å². The fraction of sp³-hybridized carbons (Fsp3) is 0.400. The van der Waals surface area contributed by atoms with E-state index in [1.807, 2.05) is 0 Å². The van der Waals surface area contributed by atoms with Gasteiger partial charge in [-0.1, -0.05) is 0 Å². The molecule has 0 aromatic rings. The quantitative estimate of drug-likeness (QED) is 0.523. The molecule has 1 aliphatic rings. The summed E-state index contributed by atoms with van der Waals surface area (Å²) in [6.07, 6.45) is -3.01. The van der Waals surface area contributed by atoms with Crippen molar-refractivity contribution in [1.29, 1.82) is 0 Å². The summed E-state index contributed by atoms with van der Waals surface area (Å²) >= 11 is 0. The van der Waals surface area contributed by atoms with Gasteiger partial charge in [-0.2, -0.15) is 13.2 Å². The molecular weight excluding hydrogens is 164 g/mol. The second-order valence-electron chi connectivity index (χ2n) is 1.73. The van der Waals surface area contributed by atoms with Gasteiger partial charge >= 0.3 is 6.18 Å². The Bertz CT molecular complexity index is 215. The summed E-state index contributed by atoms with van der Waals surface area (Å²) in [7, 11) is 0. The lowest BCUT2D eigenvalue weighted by atomic mass is 10.5. The van der Waals surface area contributed by atoms with Crippen LogP contribution in [0.4, 0.5) is 17.6 Å². The van der Waals surface area contributed by atoms with Gasteiger partial charge in [-0.15, -0.1) is 0 Å². The Hall–Kier alpha value is -1.07. The summed E-state index contributed by atoms with van der Waals surface area (Å²) in [6, 6.07) is 0. The van der Waals surface area contributed by atoms with E-state index in [1.54, 1.807) is 6.20 Å². The molecule has 0 amide bonds. The van der Waals surface area contributed by atoms with Crippen molar-refractivity contribution in [3.05, 3.63) is 11.9 Å². The highest BCUT2D eigenvalue weighted by atomic mass is 19.4. The van der Waals surface area contributed by atoms with Crippen LogP contribution in [0, 0.1) is 6.20 Å². The first-order chi connectivity index (χ1) is 5.04. The van der Waals surface area contributed by atoms with Gasteiger partial charge in [0.1, 0.15) is 12.9 Å². The number of amidine groups is 1. The second kappa shape index (κ2) is 2.52. The van der Waals surface area contributed by atoms with Crippen molar-refractivity contribution in [2.24, 2.45) is 4.99 Å². The Balaban J connectivity index is 2.72. The van der Waals surface area contributed by atoms with E-state index in [0.717, 1.165) is 0 Å². The van der Waals surface area contributed by atoms with Crippen molar-refractivity contribution >= 4 is 5.84 Å². The van der Waals surface area contributed by atoms with E-state index >= 15 is 0 Å². The summed E-state index contributed by atoms with van der Waals surface area (Å²) in [4.78, 5) is 2.83. The molecule has 0 aromatic heterocycles. The Kier molecular flexibility index (Phi) is 1.84. The number of aliphatic imine (C=N–C) groups is 1. The summed E-state index contributed by atoms with van der Waals surface area (Å²) in [5, 5.41) is 2.97.